The van der Waals surface area contributed by atoms with Crippen molar-refractivity contribution in [3.05, 3.63) is 35.9 Å². The molecule has 0 spiro atoms. The first-order valence-electron chi connectivity index (χ1n) is 8.16. The van der Waals surface area contributed by atoms with E-state index in [0.717, 1.165) is 0 Å². The molecule has 0 bridgehead atoms. The first-order chi connectivity index (χ1) is 11.2. The number of carbonyl (C=O) groups excluding carboxylic acids is 2. The molecule has 128 valence electrons. The van der Waals surface area contributed by atoms with E-state index in [9.17, 15) is 9.59 Å². The minimum absolute atomic E-state index is 0.00170. The third-order valence-corrected chi connectivity index (χ3v) is 6.95. The average molecular weight is 345 g/mol. The van der Waals surface area contributed by atoms with Gasteiger partial charge in [-0.3, -0.25) is 9.59 Å². The summed E-state index contributed by atoms with van der Waals surface area (Å²) in [5.41, 5.74) is 6.63. The van der Waals surface area contributed by atoms with Crippen molar-refractivity contribution in [1.29, 1.82) is 5.41 Å². The van der Waals surface area contributed by atoms with Crippen LogP contribution in [0.1, 0.15) is 38.8 Å². The van der Waals surface area contributed by atoms with Gasteiger partial charge in [0.25, 0.3) is 0 Å². The number of rotatable bonds is 5. The fourth-order valence-corrected chi connectivity index (χ4v) is 5.06. The maximum atomic E-state index is 12.4. The highest BCUT2D eigenvalue weighted by atomic mass is 32.2. The van der Waals surface area contributed by atoms with Crippen LogP contribution in [-0.2, 0) is 9.59 Å². The van der Waals surface area contributed by atoms with Crippen molar-refractivity contribution in [2.75, 3.05) is 0 Å². The third kappa shape index (κ3) is 2.67. The normalized spacial score (nSPS) is 28.9. The maximum Gasteiger partial charge on any atom is 0.230 e. The molecule has 3 N–H and O–H groups in total. The van der Waals surface area contributed by atoms with E-state index in [1.165, 1.54) is 0 Å². The number of Topliss-reactive ketones (excluding diaryl/α,β-unsaturated/α-hetero) is 1. The second-order valence-corrected chi connectivity index (χ2v) is 8.85. The summed E-state index contributed by atoms with van der Waals surface area (Å²) in [6.45, 7) is 6.32. The number of nitrogens with one attached hydrogen (secondary N) is 1. The summed E-state index contributed by atoms with van der Waals surface area (Å²) >= 11 is 1.76. The molecular formula is C18H23N3O2S. The number of thioether (sulfide) groups is 1. The fraction of sp³-hybridized carbons (Fsp3) is 0.500. The van der Waals surface area contributed by atoms with Crippen molar-refractivity contribution < 1.29 is 9.59 Å². The molecule has 2 heterocycles. The zero-order valence-electron chi connectivity index (χ0n) is 14.2. The molecule has 0 aliphatic carbocycles. The smallest absolute Gasteiger partial charge is 0.230 e. The van der Waals surface area contributed by atoms with Crippen molar-refractivity contribution in [2.45, 2.75) is 49.4 Å². The molecule has 2 fully saturated rings. The van der Waals surface area contributed by atoms with Gasteiger partial charge in [0.1, 0.15) is 0 Å². The molecule has 2 aliphatic heterocycles. The number of β-lactam (4-membered cyclic amide) rings is 1. The Kier molecular flexibility index (Phi) is 4.30. The SMILES string of the molecule is CC1N2C(=O)C(CC(=N)C(=O)C(N)c3ccccc3)C2SC1(C)C. The Labute approximate surface area is 146 Å². The van der Waals surface area contributed by atoms with Crippen LogP contribution >= 0.6 is 11.8 Å². The van der Waals surface area contributed by atoms with Gasteiger partial charge in [0, 0.05) is 17.2 Å². The molecule has 0 aromatic heterocycles. The molecule has 1 amide bonds. The molecular weight excluding hydrogens is 322 g/mol. The fourth-order valence-electron chi connectivity index (χ4n) is 3.35. The van der Waals surface area contributed by atoms with Crippen LogP contribution in [0.4, 0.5) is 0 Å². The molecule has 2 aliphatic rings. The molecule has 4 unspecified atom stereocenters. The third-order valence-electron chi connectivity index (χ3n) is 5.20. The van der Waals surface area contributed by atoms with E-state index in [1.54, 1.807) is 23.9 Å². The predicted octanol–water partition coefficient (Wildman–Crippen LogP) is 2.36. The first kappa shape index (κ1) is 17.2. The van der Waals surface area contributed by atoms with Gasteiger partial charge in [-0.25, -0.2) is 0 Å². The van der Waals surface area contributed by atoms with Crippen molar-refractivity contribution in [3.63, 3.8) is 0 Å². The van der Waals surface area contributed by atoms with Crippen LogP contribution in [0.15, 0.2) is 30.3 Å². The van der Waals surface area contributed by atoms with Crippen LogP contribution in [0.3, 0.4) is 0 Å². The molecule has 6 heteroatoms. The van der Waals surface area contributed by atoms with Crippen LogP contribution in [-0.4, -0.2) is 38.5 Å². The molecule has 0 saturated carbocycles. The molecule has 2 saturated heterocycles. The number of benzene rings is 1. The zero-order chi connectivity index (χ0) is 17.6. The summed E-state index contributed by atoms with van der Waals surface area (Å²) < 4.78 is 0.00170. The topological polar surface area (TPSA) is 87.2 Å². The van der Waals surface area contributed by atoms with Crippen molar-refractivity contribution >= 4 is 29.2 Å². The van der Waals surface area contributed by atoms with Crippen molar-refractivity contribution in [2.24, 2.45) is 11.7 Å². The van der Waals surface area contributed by atoms with E-state index in [-0.39, 0.29) is 40.1 Å². The van der Waals surface area contributed by atoms with Crippen LogP contribution in [0.2, 0.25) is 0 Å². The quantitative estimate of drug-likeness (QED) is 0.633. The van der Waals surface area contributed by atoms with Gasteiger partial charge in [0.05, 0.1) is 23.0 Å². The molecule has 1 aromatic carbocycles. The van der Waals surface area contributed by atoms with Gasteiger partial charge in [0.2, 0.25) is 5.91 Å². The lowest BCUT2D eigenvalue weighted by Gasteiger charge is -2.44. The largest absolute Gasteiger partial charge is 0.325 e. The second-order valence-electron chi connectivity index (χ2n) is 7.08. The van der Waals surface area contributed by atoms with E-state index < -0.39 is 11.8 Å². The van der Waals surface area contributed by atoms with Gasteiger partial charge in [-0.1, -0.05) is 30.3 Å². The summed E-state index contributed by atoms with van der Waals surface area (Å²) in [6, 6.07) is 8.39. The highest BCUT2D eigenvalue weighted by Crippen LogP contribution is 2.53. The maximum absolute atomic E-state index is 12.4. The van der Waals surface area contributed by atoms with E-state index in [0.29, 0.717) is 5.56 Å². The van der Waals surface area contributed by atoms with E-state index in [4.69, 9.17) is 11.1 Å². The molecule has 4 atom stereocenters. The van der Waals surface area contributed by atoms with Crippen LogP contribution < -0.4 is 5.73 Å². The van der Waals surface area contributed by atoms with Crippen LogP contribution in [0.5, 0.6) is 0 Å². The number of carbonyl (C=O) groups is 2. The van der Waals surface area contributed by atoms with Crippen LogP contribution in [0, 0.1) is 11.3 Å². The number of hydrogen-bond donors (Lipinski definition) is 2. The van der Waals surface area contributed by atoms with E-state index in [2.05, 4.69) is 20.8 Å². The molecule has 5 nitrogen and oxygen atoms in total. The number of nitrogens with zero attached hydrogens (tertiary/aromatic N) is 1. The number of amides is 1. The van der Waals surface area contributed by atoms with E-state index in [1.807, 2.05) is 23.1 Å². The summed E-state index contributed by atoms with van der Waals surface area (Å²) in [6.07, 6.45) is 0.176. The van der Waals surface area contributed by atoms with Crippen molar-refractivity contribution in [3.8, 4) is 0 Å². The lowest BCUT2D eigenvalue weighted by Crippen LogP contribution is -2.60. The van der Waals surface area contributed by atoms with Gasteiger partial charge >= 0.3 is 0 Å². The minimum Gasteiger partial charge on any atom is -0.325 e. The Morgan fingerprint density at radius 3 is 2.62 bits per heavy atom. The number of nitrogens with two attached hydrogens (primary N) is 1. The highest BCUT2D eigenvalue weighted by Gasteiger charge is 2.59. The second kappa shape index (κ2) is 6.01. The molecule has 0 radical (unpaired) electrons. The van der Waals surface area contributed by atoms with Gasteiger partial charge in [-0.15, -0.1) is 11.8 Å². The van der Waals surface area contributed by atoms with E-state index >= 15 is 0 Å². The number of hydrogen-bond acceptors (Lipinski definition) is 5. The van der Waals surface area contributed by atoms with Crippen LogP contribution in [0.25, 0.3) is 0 Å². The van der Waals surface area contributed by atoms with Crippen molar-refractivity contribution in [1.82, 2.24) is 4.90 Å². The Bertz CT molecular complexity index is 689. The zero-order valence-corrected chi connectivity index (χ0v) is 15.0. The Morgan fingerprint density at radius 1 is 1.38 bits per heavy atom. The van der Waals surface area contributed by atoms with Gasteiger partial charge in [-0.05, 0) is 26.3 Å². The monoisotopic (exact) mass is 345 g/mol. The van der Waals surface area contributed by atoms with Gasteiger partial charge in [0.15, 0.2) is 5.78 Å². The summed E-state index contributed by atoms with van der Waals surface area (Å²) in [7, 11) is 0. The minimum atomic E-state index is -0.837. The highest BCUT2D eigenvalue weighted by molar-refractivity contribution is 8.01. The molecule has 24 heavy (non-hydrogen) atoms. The first-order valence-corrected chi connectivity index (χ1v) is 9.04. The number of fused-ring (bicyclic) bond motifs is 1. The number of ketones is 1. The van der Waals surface area contributed by atoms with Gasteiger partial charge < -0.3 is 16.0 Å². The standard InChI is InChI=1S/C18H23N3O2S/c1-10-18(2,3)24-17-12(16(23)21(10)17)9-13(19)15(22)14(20)11-7-5-4-6-8-11/h4-8,10,12,14,17,19H,9,20H2,1-3H3. The lowest BCUT2D eigenvalue weighted by atomic mass is 9.86. The molecule has 1 aromatic rings. The van der Waals surface area contributed by atoms with Gasteiger partial charge in [-0.2, -0.15) is 0 Å². The lowest BCUT2D eigenvalue weighted by molar-refractivity contribution is -0.152. The summed E-state index contributed by atoms with van der Waals surface area (Å²) in [5.74, 6) is -0.627. The Balaban J connectivity index is 1.66. The molecule has 3 rings (SSSR count). The summed E-state index contributed by atoms with van der Waals surface area (Å²) in [4.78, 5) is 26.7. The Morgan fingerprint density at radius 2 is 2.00 bits per heavy atom. The Hall–Kier alpha value is -1.66. The predicted molar refractivity (Wildman–Crippen MR) is 96.0 cm³/mol. The summed E-state index contributed by atoms with van der Waals surface area (Å²) in [5, 5.41) is 8.20. The average Bonchev–Trinajstić information content (AvgIpc) is 2.78.